The normalized spacial score (nSPS) is 20.2. The zero-order chi connectivity index (χ0) is 22.5. The van der Waals surface area contributed by atoms with Crippen LogP contribution in [0.15, 0.2) is 42.5 Å². The van der Waals surface area contributed by atoms with E-state index >= 15 is 0 Å². The van der Waals surface area contributed by atoms with Crippen molar-refractivity contribution < 1.29 is 14.3 Å². The summed E-state index contributed by atoms with van der Waals surface area (Å²) in [5, 5.41) is 0. The zero-order valence-electron chi connectivity index (χ0n) is 19.5. The monoisotopic (exact) mass is 437 g/mol. The molecule has 0 bridgehead atoms. The van der Waals surface area contributed by atoms with Gasteiger partial charge in [-0.1, -0.05) is 25.1 Å². The second kappa shape index (κ2) is 10.3. The summed E-state index contributed by atoms with van der Waals surface area (Å²) in [5.74, 6) is 3.38. The molecule has 0 radical (unpaired) electrons. The number of rotatable bonds is 8. The first kappa shape index (κ1) is 22.6. The number of ketones is 1. The van der Waals surface area contributed by atoms with Gasteiger partial charge in [0.15, 0.2) is 0 Å². The van der Waals surface area contributed by atoms with E-state index in [-0.39, 0.29) is 17.8 Å². The number of ether oxygens (including phenoxy) is 2. The fourth-order valence-electron chi connectivity index (χ4n) is 4.69. The molecule has 2 aliphatic rings. The van der Waals surface area contributed by atoms with Crippen molar-refractivity contribution in [1.29, 1.82) is 0 Å². The lowest BCUT2D eigenvalue weighted by Crippen LogP contribution is -2.37. The number of aromatic nitrogens is 1. The molecule has 2 aromatic rings. The molecule has 172 valence electrons. The number of hydrogen-bond acceptors (Lipinski definition) is 6. The van der Waals surface area contributed by atoms with Crippen molar-refractivity contribution in [2.75, 3.05) is 43.2 Å². The van der Waals surface area contributed by atoms with E-state index in [1.54, 1.807) is 6.92 Å². The van der Waals surface area contributed by atoms with Crippen LogP contribution in [-0.2, 0) is 9.53 Å². The summed E-state index contributed by atoms with van der Waals surface area (Å²) < 4.78 is 11.8. The van der Waals surface area contributed by atoms with Gasteiger partial charge in [-0.05, 0) is 55.5 Å². The Labute approximate surface area is 191 Å². The van der Waals surface area contributed by atoms with E-state index in [0.29, 0.717) is 12.5 Å². The van der Waals surface area contributed by atoms with Gasteiger partial charge in [-0.2, -0.15) is 0 Å². The third-order valence-electron chi connectivity index (χ3n) is 6.63. The first-order valence-corrected chi connectivity index (χ1v) is 11.8. The average molecular weight is 438 g/mol. The number of carbonyl (C=O) groups is 1. The number of nitrogens with zero attached hydrogens (tertiary/aromatic N) is 3. The molecule has 2 saturated heterocycles. The Morgan fingerprint density at radius 3 is 2.66 bits per heavy atom. The van der Waals surface area contributed by atoms with Crippen molar-refractivity contribution in [2.24, 2.45) is 0 Å². The molecular weight excluding hydrogens is 402 g/mol. The van der Waals surface area contributed by atoms with Crippen molar-refractivity contribution in [3.05, 3.63) is 48.0 Å². The topological polar surface area (TPSA) is 54.9 Å². The highest BCUT2D eigenvalue weighted by Crippen LogP contribution is 2.27. The average Bonchev–Trinajstić information content (AvgIpc) is 3.28. The molecule has 2 atom stereocenters. The largest absolute Gasteiger partial charge is 0.489 e. The van der Waals surface area contributed by atoms with Crippen LogP contribution in [0.5, 0.6) is 5.75 Å². The highest BCUT2D eigenvalue weighted by Gasteiger charge is 2.26. The Hall–Kier alpha value is -2.60. The minimum atomic E-state index is 0.147. The molecule has 2 aliphatic heterocycles. The predicted molar refractivity (Wildman–Crippen MR) is 128 cm³/mol. The van der Waals surface area contributed by atoms with Crippen LogP contribution in [0.1, 0.15) is 51.0 Å². The van der Waals surface area contributed by atoms with E-state index in [2.05, 4.69) is 54.1 Å². The van der Waals surface area contributed by atoms with Gasteiger partial charge in [0, 0.05) is 45.7 Å². The predicted octanol–water partition coefficient (Wildman–Crippen LogP) is 4.44. The second-order valence-electron chi connectivity index (χ2n) is 9.16. The van der Waals surface area contributed by atoms with Gasteiger partial charge < -0.3 is 24.1 Å². The molecule has 0 unspecified atom stereocenters. The smallest absolute Gasteiger partial charge is 0.131 e. The lowest BCUT2D eigenvalue weighted by atomic mass is 9.96. The number of anilines is 2. The molecule has 0 spiro atoms. The Kier molecular flexibility index (Phi) is 7.30. The number of hydrogen-bond donors (Lipinski definition) is 0. The van der Waals surface area contributed by atoms with Crippen molar-refractivity contribution in [2.45, 2.75) is 57.6 Å². The summed E-state index contributed by atoms with van der Waals surface area (Å²) in [6.07, 6.45) is 3.80. The quantitative estimate of drug-likeness (QED) is 0.609. The maximum Gasteiger partial charge on any atom is 0.131 e. The van der Waals surface area contributed by atoms with Gasteiger partial charge in [-0.25, -0.2) is 4.98 Å². The summed E-state index contributed by atoms with van der Waals surface area (Å²) >= 11 is 0. The Bertz CT molecular complexity index is 895. The molecule has 6 heteroatoms. The van der Waals surface area contributed by atoms with Gasteiger partial charge in [0.05, 0.1) is 6.54 Å². The summed E-state index contributed by atoms with van der Waals surface area (Å²) in [4.78, 5) is 20.9. The molecule has 0 aliphatic carbocycles. The van der Waals surface area contributed by atoms with E-state index in [0.717, 1.165) is 63.0 Å². The van der Waals surface area contributed by atoms with Gasteiger partial charge in [0.1, 0.15) is 29.3 Å². The standard InChI is InChI=1S/C26H35N3O3/c1-19(17-20(2)30)21-7-9-23(10-8-21)32-24-11-14-29(18-24)26-6-4-5-25(27-26)28(3)22-12-15-31-16-13-22/h4-10,19,22,24H,11-18H2,1-3H3/t19-,24-/m1/s1. The third kappa shape index (κ3) is 5.60. The molecule has 0 N–H and O–H groups in total. The fraction of sp³-hybridized carbons (Fsp3) is 0.538. The number of pyridine rings is 1. The SMILES string of the molecule is CC(=O)C[C@@H](C)c1ccc(O[C@@H]2CCN(c3cccc(N(C)C4CCOCC4)n3)C2)cc1. The molecule has 6 nitrogen and oxygen atoms in total. The Morgan fingerprint density at radius 1 is 1.19 bits per heavy atom. The summed E-state index contributed by atoms with van der Waals surface area (Å²) in [7, 11) is 2.14. The van der Waals surface area contributed by atoms with E-state index in [1.165, 1.54) is 5.56 Å². The van der Waals surface area contributed by atoms with Gasteiger partial charge >= 0.3 is 0 Å². The van der Waals surface area contributed by atoms with Crippen LogP contribution in [0.25, 0.3) is 0 Å². The fourth-order valence-corrected chi connectivity index (χ4v) is 4.69. The number of Topliss-reactive ketones (excluding diaryl/α,β-unsaturated/α-hetero) is 1. The van der Waals surface area contributed by atoms with E-state index in [4.69, 9.17) is 14.5 Å². The van der Waals surface area contributed by atoms with Gasteiger partial charge in [-0.15, -0.1) is 0 Å². The van der Waals surface area contributed by atoms with Crippen molar-refractivity contribution in [1.82, 2.24) is 4.98 Å². The van der Waals surface area contributed by atoms with Crippen LogP contribution in [0.3, 0.4) is 0 Å². The van der Waals surface area contributed by atoms with Gasteiger partial charge in [0.25, 0.3) is 0 Å². The first-order valence-electron chi connectivity index (χ1n) is 11.8. The van der Waals surface area contributed by atoms with E-state index in [1.807, 2.05) is 12.1 Å². The maximum absolute atomic E-state index is 11.4. The summed E-state index contributed by atoms with van der Waals surface area (Å²) in [5.41, 5.74) is 1.18. The summed E-state index contributed by atoms with van der Waals surface area (Å²) in [6, 6.07) is 15.0. The van der Waals surface area contributed by atoms with Crippen LogP contribution in [0.4, 0.5) is 11.6 Å². The third-order valence-corrected chi connectivity index (χ3v) is 6.63. The molecule has 2 fully saturated rings. The molecule has 32 heavy (non-hydrogen) atoms. The molecule has 0 amide bonds. The van der Waals surface area contributed by atoms with Crippen LogP contribution in [-0.4, -0.2) is 56.3 Å². The molecule has 1 aromatic heterocycles. The van der Waals surface area contributed by atoms with E-state index in [9.17, 15) is 4.79 Å². The van der Waals surface area contributed by atoms with Crippen molar-refractivity contribution in [3.63, 3.8) is 0 Å². The highest BCUT2D eigenvalue weighted by molar-refractivity contribution is 5.76. The molecule has 4 rings (SSSR count). The lowest BCUT2D eigenvalue weighted by molar-refractivity contribution is -0.117. The van der Waals surface area contributed by atoms with Crippen LogP contribution in [0, 0.1) is 0 Å². The minimum absolute atomic E-state index is 0.147. The minimum Gasteiger partial charge on any atom is -0.489 e. The molecule has 1 aromatic carbocycles. The van der Waals surface area contributed by atoms with Crippen LogP contribution >= 0.6 is 0 Å². The van der Waals surface area contributed by atoms with Gasteiger partial charge in [0.2, 0.25) is 0 Å². The second-order valence-corrected chi connectivity index (χ2v) is 9.16. The molecule has 3 heterocycles. The Morgan fingerprint density at radius 2 is 1.94 bits per heavy atom. The van der Waals surface area contributed by atoms with Crippen LogP contribution < -0.4 is 14.5 Å². The van der Waals surface area contributed by atoms with Gasteiger partial charge in [-0.3, -0.25) is 0 Å². The Balaban J connectivity index is 1.34. The van der Waals surface area contributed by atoms with Crippen molar-refractivity contribution >= 4 is 17.4 Å². The van der Waals surface area contributed by atoms with Crippen LogP contribution in [0.2, 0.25) is 0 Å². The molecule has 0 saturated carbocycles. The van der Waals surface area contributed by atoms with Crippen molar-refractivity contribution in [3.8, 4) is 5.75 Å². The van der Waals surface area contributed by atoms with E-state index < -0.39 is 0 Å². The number of carbonyl (C=O) groups excluding carboxylic acids is 1. The highest BCUT2D eigenvalue weighted by atomic mass is 16.5. The molecular formula is C26H35N3O3. The maximum atomic E-state index is 11.4. The number of benzene rings is 1. The summed E-state index contributed by atoms with van der Waals surface area (Å²) in [6.45, 7) is 7.17. The zero-order valence-corrected chi connectivity index (χ0v) is 19.5. The lowest BCUT2D eigenvalue weighted by Gasteiger charge is -2.32. The first-order chi connectivity index (χ1) is 15.5.